The molecule has 2 aromatic rings. The number of nitrogens with zero attached hydrogens (tertiary/aromatic N) is 2. The smallest absolute Gasteiger partial charge is 0.261 e. The third kappa shape index (κ3) is 3.48. The number of pyridine rings is 1. The molecule has 4 rings (SSSR count). The van der Waals surface area contributed by atoms with Crippen LogP contribution in [0.1, 0.15) is 51.9 Å². The number of anilines is 1. The largest absolute Gasteiger partial charge is 0.371 e. The van der Waals surface area contributed by atoms with Crippen LogP contribution in [-0.2, 0) is 16.8 Å². The van der Waals surface area contributed by atoms with Crippen molar-refractivity contribution in [1.29, 1.82) is 0 Å². The molecule has 0 aromatic carbocycles. The first-order chi connectivity index (χ1) is 13.1. The Hall–Kier alpha value is -1.92. The molecule has 4 heterocycles. The van der Waals surface area contributed by atoms with E-state index in [-0.39, 0.29) is 11.5 Å². The lowest BCUT2D eigenvalue weighted by Gasteiger charge is -2.45. The second kappa shape index (κ2) is 7.60. The number of carbonyl (C=O) groups excluding carboxylic acids is 1. The zero-order valence-corrected chi connectivity index (χ0v) is 16.9. The van der Waals surface area contributed by atoms with Gasteiger partial charge in [0.15, 0.2) is 0 Å². The molecule has 0 bridgehead atoms. The number of aryl methyl sites for hydroxylation is 1. The zero-order chi connectivity index (χ0) is 18.9. The zero-order valence-electron chi connectivity index (χ0n) is 16.1. The van der Waals surface area contributed by atoms with Crippen molar-refractivity contribution in [1.82, 2.24) is 10.3 Å². The predicted octanol–water partition coefficient (Wildman–Crippen LogP) is 3.66. The summed E-state index contributed by atoms with van der Waals surface area (Å²) in [5.74, 6) is 0.0521. The van der Waals surface area contributed by atoms with Crippen LogP contribution >= 0.6 is 11.3 Å². The van der Waals surface area contributed by atoms with E-state index in [1.165, 1.54) is 21.7 Å². The van der Waals surface area contributed by atoms with Crippen molar-refractivity contribution < 1.29 is 9.53 Å². The standard InChI is InChI=1S/C21H27N3O2S/c1-3-8-23-20(25)19-13-16-18(27-19)5-12-26-21(16)6-10-24(11-7-21)17-4-9-22-14-15(17)2/h4,9,13-14H,3,5-8,10-12H2,1-2H3,(H,23,25). The van der Waals surface area contributed by atoms with Crippen molar-refractivity contribution in [3.63, 3.8) is 0 Å². The Morgan fingerprint density at radius 1 is 1.41 bits per heavy atom. The molecule has 5 nitrogen and oxygen atoms in total. The molecule has 6 heteroatoms. The maximum atomic E-state index is 12.4. The number of nitrogens with one attached hydrogen (secondary N) is 1. The number of hydrogen-bond acceptors (Lipinski definition) is 5. The summed E-state index contributed by atoms with van der Waals surface area (Å²) in [7, 11) is 0. The van der Waals surface area contributed by atoms with Crippen LogP contribution in [0.4, 0.5) is 5.69 Å². The highest BCUT2D eigenvalue weighted by Crippen LogP contribution is 2.45. The Morgan fingerprint density at radius 3 is 2.96 bits per heavy atom. The van der Waals surface area contributed by atoms with Gasteiger partial charge in [0, 0.05) is 49.0 Å². The molecule has 0 atom stereocenters. The van der Waals surface area contributed by atoms with Gasteiger partial charge < -0.3 is 15.0 Å². The van der Waals surface area contributed by atoms with E-state index in [1.54, 1.807) is 11.3 Å². The van der Waals surface area contributed by atoms with Crippen molar-refractivity contribution in [2.75, 3.05) is 31.1 Å². The molecule has 1 fully saturated rings. The highest BCUT2D eigenvalue weighted by molar-refractivity contribution is 7.14. The molecule has 0 aliphatic carbocycles. The summed E-state index contributed by atoms with van der Waals surface area (Å²) in [5.41, 5.74) is 3.50. The van der Waals surface area contributed by atoms with Gasteiger partial charge >= 0.3 is 0 Å². The van der Waals surface area contributed by atoms with Crippen LogP contribution in [0, 0.1) is 6.92 Å². The van der Waals surface area contributed by atoms with Crippen molar-refractivity contribution in [2.45, 2.75) is 45.1 Å². The topological polar surface area (TPSA) is 54.5 Å². The van der Waals surface area contributed by atoms with Gasteiger partial charge in [0.1, 0.15) is 0 Å². The minimum Gasteiger partial charge on any atom is -0.371 e. The van der Waals surface area contributed by atoms with Crippen LogP contribution in [0.5, 0.6) is 0 Å². The summed E-state index contributed by atoms with van der Waals surface area (Å²) in [4.78, 5) is 21.2. The molecule has 0 radical (unpaired) electrons. The number of thiophene rings is 1. The summed E-state index contributed by atoms with van der Waals surface area (Å²) in [6.07, 6.45) is 7.56. The maximum Gasteiger partial charge on any atom is 0.261 e. The van der Waals surface area contributed by atoms with Crippen LogP contribution < -0.4 is 10.2 Å². The van der Waals surface area contributed by atoms with E-state index in [0.29, 0.717) is 0 Å². The van der Waals surface area contributed by atoms with E-state index in [1.807, 2.05) is 12.4 Å². The van der Waals surface area contributed by atoms with Crippen LogP contribution in [0.15, 0.2) is 24.5 Å². The lowest BCUT2D eigenvalue weighted by molar-refractivity contribution is -0.0756. The summed E-state index contributed by atoms with van der Waals surface area (Å²) in [6.45, 7) is 7.57. The molecule has 0 saturated carbocycles. The van der Waals surface area contributed by atoms with E-state index < -0.39 is 0 Å². The lowest BCUT2D eigenvalue weighted by atomic mass is 9.82. The molecule has 1 amide bonds. The van der Waals surface area contributed by atoms with Crippen LogP contribution in [-0.4, -0.2) is 37.1 Å². The van der Waals surface area contributed by atoms with Crippen molar-refractivity contribution in [3.8, 4) is 0 Å². The van der Waals surface area contributed by atoms with E-state index in [0.717, 1.165) is 56.8 Å². The summed E-state index contributed by atoms with van der Waals surface area (Å²) < 4.78 is 6.36. The van der Waals surface area contributed by atoms with Gasteiger partial charge in [0.25, 0.3) is 5.91 Å². The number of carbonyl (C=O) groups is 1. The van der Waals surface area contributed by atoms with Gasteiger partial charge in [0.2, 0.25) is 0 Å². The van der Waals surface area contributed by atoms with Gasteiger partial charge in [-0.1, -0.05) is 6.92 Å². The Labute approximate surface area is 164 Å². The fourth-order valence-electron chi connectivity index (χ4n) is 4.20. The number of ether oxygens (including phenoxy) is 1. The molecule has 2 aliphatic heterocycles. The highest BCUT2D eigenvalue weighted by Gasteiger charge is 2.42. The van der Waals surface area contributed by atoms with Crippen molar-refractivity contribution in [2.24, 2.45) is 0 Å². The van der Waals surface area contributed by atoms with Crippen LogP contribution in [0.2, 0.25) is 0 Å². The number of aromatic nitrogens is 1. The van der Waals surface area contributed by atoms with E-state index in [2.05, 4.69) is 41.2 Å². The fraction of sp³-hybridized carbons (Fsp3) is 0.524. The molecular weight excluding hydrogens is 358 g/mol. The first kappa shape index (κ1) is 18.4. The molecule has 27 heavy (non-hydrogen) atoms. The third-order valence-electron chi connectivity index (χ3n) is 5.67. The predicted molar refractivity (Wildman–Crippen MR) is 109 cm³/mol. The molecule has 144 valence electrons. The summed E-state index contributed by atoms with van der Waals surface area (Å²) >= 11 is 1.65. The first-order valence-electron chi connectivity index (χ1n) is 9.84. The van der Waals surface area contributed by atoms with Crippen molar-refractivity contribution in [3.05, 3.63) is 45.4 Å². The number of piperidine rings is 1. The van der Waals surface area contributed by atoms with Gasteiger partial charge in [-0.2, -0.15) is 0 Å². The molecule has 1 spiro atoms. The molecule has 0 unspecified atom stereocenters. The molecule has 1 N–H and O–H groups in total. The average Bonchev–Trinajstić information content (AvgIpc) is 3.14. The third-order valence-corrected chi connectivity index (χ3v) is 6.86. The lowest BCUT2D eigenvalue weighted by Crippen LogP contribution is -2.46. The number of rotatable bonds is 4. The number of amides is 1. The normalized spacial score (nSPS) is 18.4. The Bertz CT molecular complexity index is 825. The Balaban J connectivity index is 1.54. The summed E-state index contributed by atoms with van der Waals surface area (Å²) in [5, 5.41) is 3.00. The number of fused-ring (bicyclic) bond motifs is 2. The Morgan fingerprint density at radius 2 is 2.22 bits per heavy atom. The van der Waals surface area contributed by atoms with E-state index in [9.17, 15) is 4.79 Å². The van der Waals surface area contributed by atoms with E-state index in [4.69, 9.17) is 4.74 Å². The van der Waals surface area contributed by atoms with Crippen LogP contribution in [0.25, 0.3) is 0 Å². The van der Waals surface area contributed by atoms with Crippen molar-refractivity contribution >= 4 is 22.9 Å². The molecule has 2 aliphatic rings. The minimum absolute atomic E-state index is 0.0521. The quantitative estimate of drug-likeness (QED) is 0.873. The molecule has 1 saturated heterocycles. The van der Waals surface area contributed by atoms with Crippen LogP contribution in [0.3, 0.4) is 0 Å². The Kier molecular flexibility index (Phi) is 5.19. The fourth-order valence-corrected chi connectivity index (χ4v) is 5.35. The average molecular weight is 386 g/mol. The second-order valence-corrected chi connectivity index (χ2v) is 8.58. The van der Waals surface area contributed by atoms with Gasteiger partial charge in [0.05, 0.1) is 17.1 Å². The van der Waals surface area contributed by atoms with Gasteiger partial charge in [-0.3, -0.25) is 9.78 Å². The monoisotopic (exact) mass is 385 g/mol. The van der Waals surface area contributed by atoms with Gasteiger partial charge in [-0.05, 0) is 49.4 Å². The van der Waals surface area contributed by atoms with Gasteiger partial charge in [-0.15, -0.1) is 11.3 Å². The number of hydrogen-bond donors (Lipinski definition) is 1. The highest BCUT2D eigenvalue weighted by atomic mass is 32.1. The van der Waals surface area contributed by atoms with E-state index >= 15 is 0 Å². The second-order valence-electron chi connectivity index (χ2n) is 7.45. The minimum atomic E-state index is -0.231. The SMILES string of the molecule is CCCNC(=O)c1cc2c(s1)CCOC21CCN(c2ccncc2C)CC1. The first-order valence-corrected chi connectivity index (χ1v) is 10.7. The summed E-state index contributed by atoms with van der Waals surface area (Å²) in [6, 6.07) is 4.19. The molecule has 2 aromatic heterocycles. The molecular formula is C21H27N3O2S. The van der Waals surface area contributed by atoms with Gasteiger partial charge in [-0.25, -0.2) is 0 Å². The maximum absolute atomic E-state index is 12.4.